The van der Waals surface area contributed by atoms with E-state index in [2.05, 4.69) is 15.1 Å². The van der Waals surface area contributed by atoms with Crippen LogP contribution in [0.4, 0.5) is 0 Å². The van der Waals surface area contributed by atoms with Crippen LogP contribution < -0.4 is 5.32 Å². The van der Waals surface area contributed by atoms with Crippen LogP contribution in [0.3, 0.4) is 0 Å². The first-order valence-electron chi connectivity index (χ1n) is 6.07. The van der Waals surface area contributed by atoms with Gasteiger partial charge in [0, 0.05) is 46.4 Å². The van der Waals surface area contributed by atoms with Crippen molar-refractivity contribution in [1.29, 1.82) is 0 Å². The summed E-state index contributed by atoms with van der Waals surface area (Å²) in [5, 5.41) is 11.6. The van der Waals surface area contributed by atoms with Crippen molar-refractivity contribution in [3.8, 4) is 0 Å². The van der Waals surface area contributed by atoms with Crippen LogP contribution in [0.2, 0.25) is 0 Å². The molecule has 0 aromatic rings. The number of aliphatic hydroxyl groups is 1. The number of hydrogen-bond donors (Lipinski definition) is 2. The zero-order valence-electron chi connectivity index (χ0n) is 10.5. The molecule has 17 heavy (non-hydrogen) atoms. The van der Waals surface area contributed by atoms with Crippen LogP contribution in [0.1, 0.15) is 0 Å². The van der Waals surface area contributed by atoms with Crippen LogP contribution >= 0.6 is 0 Å². The third-order valence-electron chi connectivity index (χ3n) is 2.88. The van der Waals surface area contributed by atoms with E-state index in [9.17, 15) is 4.79 Å². The lowest BCUT2D eigenvalue weighted by molar-refractivity contribution is -0.122. The number of piperazine rings is 1. The van der Waals surface area contributed by atoms with E-state index in [0.29, 0.717) is 19.7 Å². The average Bonchev–Trinajstić information content (AvgIpc) is 2.32. The molecular weight excluding hydrogens is 222 g/mol. The number of rotatable bonds is 7. The first kappa shape index (κ1) is 14.4. The quantitative estimate of drug-likeness (QED) is 0.527. The van der Waals surface area contributed by atoms with E-state index >= 15 is 0 Å². The summed E-state index contributed by atoms with van der Waals surface area (Å²) in [6.07, 6.45) is 0. The molecular formula is C11H23N3O3. The molecule has 1 saturated heterocycles. The molecule has 0 bridgehead atoms. The second-order valence-electron chi connectivity index (χ2n) is 4.18. The van der Waals surface area contributed by atoms with Crippen molar-refractivity contribution in [3.63, 3.8) is 0 Å². The van der Waals surface area contributed by atoms with Gasteiger partial charge in [0.1, 0.15) is 0 Å². The van der Waals surface area contributed by atoms with Gasteiger partial charge < -0.3 is 15.2 Å². The second-order valence-corrected chi connectivity index (χ2v) is 4.18. The van der Waals surface area contributed by atoms with Crippen molar-refractivity contribution in [2.45, 2.75) is 0 Å². The van der Waals surface area contributed by atoms with E-state index in [4.69, 9.17) is 9.84 Å². The minimum atomic E-state index is 0.0534. The van der Waals surface area contributed by atoms with E-state index in [1.54, 1.807) is 7.11 Å². The molecule has 0 aromatic carbocycles. The highest BCUT2D eigenvalue weighted by Gasteiger charge is 2.17. The first-order chi connectivity index (χ1) is 8.26. The molecule has 0 atom stereocenters. The van der Waals surface area contributed by atoms with Gasteiger partial charge in [0.15, 0.2) is 0 Å². The molecule has 1 fully saturated rings. The van der Waals surface area contributed by atoms with Crippen molar-refractivity contribution in [2.75, 3.05) is 66.1 Å². The number of aliphatic hydroxyl groups excluding tert-OH is 1. The number of methoxy groups -OCH3 is 1. The lowest BCUT2D eigenvalue weighted by Gasteiger charge is -2.33. The second kappa shape index (κ2) is 8.41. The highest BCUT2D eigenvalue weighted by Crippen LogP contribution is 2.00. The fourth-order valence-electron chi connectivity index (χ4n) is 1.86. The summed E-state index contributed by atoms with van der Waals surface area (Å²) in [5.74, 6) is 0.0534. The first-order valence-corrected chi connectivity index (χ1v) is 6.07. The Morgan fingerprint density at radius 2 is 1.94 bits per heavy atom. The smallest absolute Gasteiger partial charge is 0.234 e. The molecule has 0 radical (unpaired) electrons. The summed E-state index contributed by atoms with van der Waals surface area (Å²) >= 11 is 0. The number of ether oxygens (including phenoxy) is 1. The lowest BCUT2D eigenvalue weighted by atomic mass is 10.3. The normalized spacial score (nSPS) is 18.2. The predicted molar refractivity (Wildman–Crippen MR) is 64.9 cm³/mol. The summed E-state index contributed by atoms with van der Waals surface area (Å²) in [6.45, 7) is 6.13. The van der Waals surface area contributed by atoms with Gasteiger partial charge in [-0.1, -0.05) is 0 Å². The zero-order valence-corrected chi connectivity index (χ0v) is 10.5. The molecule has 1 amide bonds. The van der Waals surface area contributed by atoms with Gasteiger partial charge in [-0.3, -0.25) is 14.6 Å². The number of carbonyl (C=O) groups excluding carboxylic acids is 1. The van der Waals surface area contributed by atoms with Crippen molar-refractivity contribution in [3.05, 3.63) is 0 Å². The maximum atomic E-state index is 11.5. The Morgan fingerprint density at radius 3 is 2.53 bits per heavy atom. The maximum absolute atomic E-state index is 11.5. The van der Waals surface area contributed by atoms with E-state index < -0.39 is 0 Å². The van der Waals surface area contributed by atoms with Crippen LogP contribution in [0.5, 0.6) is 0 Å². The van der Waals surface area contributed by atoms with Crippen LogP contribution in [-0.4, -0.2) is 87.0 Å². The summed E-state index contributed by atoms with van der Waals surface area (Å²) < 4.78 is 4.86. The van der Waals surface area contributed by atoms with Crippen LogP contribution in [0, 0.1) is 0 Å². The van der Waals surface area contributed by atoms with Crippen molar-refractivity contribution in [1.82, 2.24) is 15.1 Å². The van der Waals surface area contributed by atoms with Crippen LogP contribution in [0.15, 0.2) is 0 Å². The van der Waals surface area contributed by atoms with Gasteiger partial charge in [-0.05, 0) is 0 Å². The minimum absolute atomic E-state index is 0.0534. The van der Waals surface area contributed by atoms with E-state index in [-0.39, 0.29) is 12.5 Å². The van der Waals surface area contributed by atoms with Gasteiger partial charge in [0.2, 0.25) is 5.91 Å². The van der Waals surface area contributed by atoms with Crippen molar-refractivity contribution in [2.24, 2.45) is 0 Å². The van der Waals surface area contributed by atoms with Crippen molar-refractivity contribution < 1.29 is 14.6 Å². The maximum Gasteiger partial charge on any atom is 0.234 e. The van der Waals surface area contributed by atoms with Crippen LogP contribution in [0.25, 0.3) is 0 Å². The summed E-state index contributed by atoms with van der Waals surface area (Å²) in [5.41, 5.74) is 0. The van der Waals surface area contributed by atoms with Gasteiger partial charge in [-0.25, -0.2) is 0 Å². The fraction of sp³-hybridized carbons (Fsp3) is 0.909. The van der Waals surface area contributed by atoms with Gasteiger partial charge >= 0.3 is 0 Å². The molecule has 0 spiro atoms. The predicted octanol–water partition coefficient (Wildman–Crippen LogP) is -1.64. The Bertz CT molecular complexity index is 218. The summed E-state index contributed by atoms with van der Waals surface area (Å²) in [6, 6.07) is 0. The monoisotopic (exact) mass is 245 g/mol. The molecule has 100 valence electrons. The number of β-amino-alcohol motifs (C(OH)–C–C–N with tert-alkyl or cyclic N) is 1. The molecule has 0 aromatic heterocycles. The number of carbonyl (C=O) groups is 1. The third kappa shape index (κ3) is 5.97. The Labute approximate surface area is 103 Å². The molecule has 2 N–H and O–H groups in total. The zero-order chi connectivity index (χ0) is 12.5. The van der Waals surface area contributed by atoms with Gasteiger partial charge in [-0.2, -0.15) is 0 Å². The standard InChI is InChI=1S/C11H23N3O3/c1-17-9-2-12-11(16)10-14-5-3-13(4-6-14)7-8-15/h15H,2-10H2,1H3,(H,12,16). The Hall–Kier alpha value is -0.690. The number of nitrogens with one attached hydrogen (secondary N) is 1. The number of amides is 1. The fourth-order valence-corrected chi connectivity index (χ4v) is 1.86. The molecule has 1 heterocycles. The van der Waals surface area contributed by atoms with Gasteiger partial charge in [0.05, 0.1) is 19.8 Å². The Morgan fingerprint density at radius 1 is 1.29 bits per heavy atom. The Kier molecular flexibility index (Phi) is 7.11. The molecule has 1 aliphatic heterocycles. The molecule has 0 unspecified atom stereocenters. The molecule has 0 saturated carbocycles. The highest BCUT2D eigenvalue weighted by molar-refractivity contribution is 5.77. The van der Waals surface area contributed by atoms with Gasteiger partial charge in [-0.15, -0.1) is 0 Å². The van der Waals surface area contributed by atoms with Crippen LogP contribution in [-0.2, 0) is 9.53 Å². The Balaban J connectivity index is 2.10. The summed E-state index contributed by atoms with van der Waals surface area (Å²) in [4.78, 5) is 15.9. The van der Waals surface area contributed by atoms with Gasteiger partial charge in [0.25, 0.3) is 0 Å². The molecule has 1 rings (SSSR count). The third-order valence-corrected chi connectivity index (χ3v) is 2.88. The number of hydrogen-bond acceptors (Lipinski definition) is 5. The van der Waals surface area contributed by atoms with Crippen molar-refractivity contribution >= 4 is 5.91 Å². The lowest BCUT2D eigenvalue weighted by Crippen LogP contribution is -2.50. The highest BCUT2D eigenvalue weighted by atomic mass is 16.5. The summed E-state index contributed by atoms with van der Waals surface area (Å²) in [7, 11) is 1.62. The molecule has 6 nitrogen and oxygen atoms in total. The largest absolute Gasteiger partial charge is 0.395 e. The number of nitrogens with zero attached hydrogens (tertiary/aromatic N) is 2. The molecule has 6 heteroatoms. The molecule has 1 aliphatic rings. The van der Waals surface area contributed by atoms with E-state index in [0.717, 1.165) is 32.7 Å². The topological polar surface area (TPSA) is 65.0 Å². The average molecular weight is 245 g/mol. The van der Waals surface area contributed by atoms with E-state index in [1.807, 2.05) is 0 Å². The SMILES string of the molecule is COCCNC(=O)CN1CCN(CCO)CC1. The molecule has 0 aliphatic carbocycles. The van der Waals surface area contributed by atoms with E-state index in [1.165, 1.54) is 0 Å². The minimum Gasteiger partial charge on any atom is -0.395 e.